The largest absolute Gasteiger partial charge is 0.388 e. The van der Waals surface area contributed by atoms with Gasteiger partial charge in [0.05, 0.1) is 83.4 Å². The normalized spacial score (nSPS) is 36.5. The lowest BCUT2D eigenvalue weighted by Gasteiger charge is -2.42. The van der Waals surface area contributed by atoms with Crippen molar-refractivity contribution in [3.05, 3.63) is 0 Å². The van der Waals surface area contributed by atoms with E-state index in [4.69, 9.17) is 51.9 Å². The number of carbonyl (C=O) groups excluding carboxylic acids is 1. The predicted octanol–water partition coefficient (Wildman–Crippen LogP) is -3.53. The monoisotopic (exact) mass is 897 g/mol. The van der Waals surface area contributed by atoms with Crippen LogP contribution in [0.1, 0.15) is 48.5 Å². The minimum absolute atomic E-state index is 0.0664. The highest BCUT2D eigenvalue weighted by Gasteiger charge is 2.47. The summed E-state index contributed by atoms with van der Waals surface area (Å²) in [7, 11) is -3.91. The summed E-state index contributed by atoms with van der Waals surface area (Å²) < 4.78 is 73.2. The van der Waals surface area contributed by atoms with Gasteiger partial charge in [-0.25, -0.2) is 0 Å². The first kappa shape index (κ1) is 53.2. The Balaban J connectivity index is 1.39. The molecule has 3 fully saturated rings. The number of nitrogens with one attached hydrogen (secondary N) is 1. The maximum Gasteiger partial charge on any atom is 0.333 e. The van der Waals surface area contributed by atoms with Gasteiger partial charge in [0.1, 0.15) is 73.2 Å². The van der Waals surface area contributed by atoms with Gasteiger partial charge >= 0.3 is 7.60 Å². The molecule has 0 spiro atoms. The number of aliphatic hydroxyl groups is 8. The quantitative estimate of drug-likeness (QED) is 0.0351. The van der Waals surface area contributed by atoms with Crippen molar-refractivity contribution in [2.75, 3.05) is 72.7 Å². The molecule has 3 aliphatic rings. The molecule has 23 nitrogen and oxygen atoms in total. The van der Waals surface area contributed by atoms with Crippen LogP contribution in [0, 0.1) is 0 Å². The van der Waals surface area contributed by atoms with Crippen molar-refractivity contribution >= 4 is 13.5 Å². The summed E-state index contributed by atoms with van der Waals surface area (Å²) in [5, 5.41) is 85.5. The van der Waals surface area contributed by atoms with Crippen molar-refractivity contribution in [1.82, 2.24) is 5.32 Å². The van der Waals surface area contributed by atoms with Crippen LogP contribution in [0.25, 0.3) is 0 Å². The van der Waals surface area contributed by atoms with Gasteiger partial charge in [0, 0.05) is 6.92 Å². The fraction of sp³-hybridized carbons (Fsp3) is 0.972. The average molecular weight is 898 g/mol. The van der Waals surface area contributed by atoms with Crippen LogP contribution in [-0.4, -0.2) is 227 Å². The third kappa shape index (κ3) is 16.2. The fourth-order valence-electron chi connectivity index (χ4n) is 5.95. The topological polar surface area (TPSA) is 330 Å². The Hall–Kier alpha value is -1.10. The van der Waals surface area contributed by atoms with Crippen LogP contribution < -0.4 is 5.32 Å². The summed E-state index contributed by atoms with van der Waals surface area (Å²) in [6.07, 6.45) is -20.0. The van der Waals surface area contributed by atoms with Crippen LogP contribution in [-0.2, 0) is 61.3 Å². The van der Waals surface area contributed by atoms with E-state index in [9.17, 15) is 55.1 Å². The summed E-state index contributed by atoms with van der Waals surface area (Å²) in [4.78, 5) is 21.7. The number of rotatable bonds is 23. The molecule has 0 aliphatic carbocycles. The second-order valence-corrected chi connectivity index (χ2v) is 19.2. The zero-order valence-electron chi connectivity index (χ0n) is 35.2. The van der Waals surface area contributed by atoms with Gasteiger partial charge in [-0.2, -0.15) is 0 Å². The highest BCUT2D eigenvalue weighted by Crippen LogP contribution is 2.54. The van der Waals surface area contributed by atoms with Gasteiger partial charge in [0.15, 0.2) is 18.9 Å². The van der Waals surface area contributed by atoms with Crippen LogP contribution >= 0.6 is 7.60 Å². The van der Waals surface area contributed by atoms with Gasteiger partial charge < -0.3 is 103 Å². The van der Waals surface area contributed by atoms with E-state index in [1.54, 1.807) is 20.8 Å². The number of hydrogen-bond acceptors (Lipinski definition) is 21. The van der Waals surface area contributed by atoms with Crippen molar-refractivity contribution < 1.29 is 107 Å². The summed E-state index contributed by atoms with van der Waals surface area (Å²) in [5.74, 6) is -0.471. The first-order valence-electron chi connectivity index (χ1n) is 19.8. The molecule has 0 aromatic rings. The zero-order chi connectivity index (χ0) is 45.0. The molecule has 3 saturated heterocycles. The summed E-state index contributed by atoms with van der Waals surface area (Å²) >= 11 is 0. The molecule has 1 amide bonds. The van der Waals surface area contributed by atoms with Gasteiger partial charge in [-0.3, -0.25) is 9.36 Å². The average Bonchev–Trinajstić information content (AvgIpc) is 3.16. The second kappa shape index (κ2) is 24.3. The molecular formula is C36H68NO22P. The van der Waals surface area contributed by atoms with Crippen molar-refractivity contribution in [3.8, 4) is 0 Å². The Kier molecular flexibility index (Phi) is 21.5. The smallest absolute Gasteiger partial charge is 0.333 e. The van der Waals surface area contributed by atoms with Gasteiger partial charge in [-0.15, -0.1) is 0 Å². The predicted molar refractivity (Wildman–Crippen MR) is 203 cm³/mol. The Labute approximate surface area is 349 Å². The van der Waals surface area contributed by atoms with E-state index in [1.165, 1.54) is 6.92 Å². The molecule has 0 aromatic carbocycles. The van der Waals surface area contributed by atoms with Crippen LogP contribution in [0.5, 0.6) is 0 Å². The third-order valence-electron chi connectivity index (χ3n) is 9.52. The molecule has 10 N–H and O–H groups in total. The van der Waals surface area contributed by atoms with Crippen molar-refractivity contribution in [3.63, 3.8) is 0 Å². The van der Waals surface area contributed by atoms with Crippen LogP contribution in [0.4, 0.5) is 0 Å². The second-order valence-electron chi connectivity index (χ2n) is 16.6. The van der Waals surface area contributed by atoms with E-state index in [0.29, 0.717) is 0 Å². The van der Waals surface area contributed by atoms with Crippen LogP contribution in [0.15, 0.2) is 0 Å². The highest BCUT2D eigenvalue weighted by atomic mass is 31.2. The molecule has 0 bridgehead atoms. The Morgan fingerprint density at radius 2 is 0.933 bits per heavy atom. The molecule has 0 aromatic heterocycles. The minimum Gasteiger partial charge on any atom is -0.388 e. The Bertz CT molecular complexity index is 1310. The molecule has 16 unspecified atom stereocenters. The van der Waals surface area contributed by atoms with E-state index in [-0.39, 0.29) is 72.7 Å². The molecule has 24 heteroatoms. The molecule has 3 rings (SSSR count). The van der Waals surface area contributed by atoms with E-state index in [1.807, 2.05) is 20.8 Å². The molecule has 354 valence electrons. The Morgan fingerprint density at radius 3 is 1.35 bits per heavy atom. The zero-order valence-corrected chi connectivity index (χ0v) is 36.1. The van der Waals surface area contributed by atoms with Crippen LogP contribution in [0.3, 0.4) is 0 Å². The SMILES string of the molecule is CC(=O)NC1C(OCCOC(C)(C)C)OC(COCCOC2OC(COCCOC3OC(COCCOP(=O)(O)C(C)(C)C)C(O)C(O)C3O)C(O)C(O)C2O)C(O)C1O. The number of hydrogen-bond donors (Lipinski definition) is 10. The lowest BCUT2D eigenvalue weighted by Crippen LogP contribution is -2.64. The number of carbonyl (C=O) groups is 1. The standard InChI is InChI=1S/C36H68NO22P/c1-19(38)37-23-27(42)24(39)20(57-32(23)52-13-14-55-35(2,3)4)16-49-8-11-53-33-30(45)28(43)25(40)21(58-33)17-50-9-12-54-34-31(46)29(44)26(41)22(59-34)18-51-10-15-56-60(47,48)36(5,6)7/h20-34,39-46H,8-18H2,1-7H3,(H,37,38)(H,47,48). The van der Waals surface area contributed by atoms with E-state index in [2.05, 4.69) is 5.32 Å². The van der Waals surface area contributed by atoms with E-state index >= 15 is 0 Å². The van der Waals surface area contributed by atoms with Crippen LogP contribution in [0.2, 0.25) is 0 Å². The molecule has 3 heterocycles. The van der Waals surface area contributed by atoms with Gasteiger partial charge in [-0.05, 0) is 41.5 Å². The fourth-order valence-corrected chi connectivity index (χ4v) is 6.66. The number of ether oxygens (including phenoxy) is 10. The lowest BCUT2D eigenvalue weighted by atomic mass is 9.97. The molecule has 16 atom stereocenters. The number of amides is 1. The number of aliphatic hydroxyl groups excluding tert-OH is 8. The minimum atomic E-state index is -3.91. The first-order chi connectivity index (χ1) is 27.9. The molecule has 0 radical (unpaired) electrons. The van der Waals surface area contributed by atoms with Gasteiger partial charge in [0.2, 0.25) is 5.91 Å². The van der Waals surface area contributed by atoms with Gasteiger partial charge in [0.25, 0.3) is 0 Å². The van der Waals surface area contributed by atoms with Crippen molar-refractivity contribution in [2.45, 2.75) is 151 Å². The van der Waals surface area contributed by atoms with Crippen molar-refractivity contribution in [1.29, 1.82) is 0 Å². The molecule has 0 saturated carbocycles. The molecular weight excluding hydrogens is 829 g/mol. The lowest BCUT2D eigenvalue weighted by molar-refractivity contribution is -0.310. The molecule has 3 aliphatic heterocycles. The third-order valence-corrected chi connectivity index (χ3v) is 11.7. The maximum atomic E-state index is 12.2. The summed E-state index contributed by atoms with van der Waals surface area (Å²) in [5.41, 5.74) is -0.424. The first-order valence-corrected chi connectivity index (χ1v) is 21.4. The molecule has 60 heavy (non-hydrogen) atoms. The van der Waals surface area contributed by atoms with Gasteiger partial charge in [-0.1, -0.05) is 0 Å². The van der Waals surface area contributed by atoms with E-state index < -0.39 is 116 Å². The highest BCUT2D eigenvalue weighted by molar-refractivity contribution is 7.54. The van der Waals surface area contributed by atoms with Crippen molar-refractivity contribution in [2.24, 2.45) is 0 Å². The maximum absolute atomic E-state index is 12.2. The Morgan fingerprint density at radius 1 is 0.550 bits per heavy atom. The summed E-state index contributed by atoms with van der Waals surface area (Å²) in [6.45, 7) is 9.93. The summed E-state index contributed by atoms with van der Waals surface area (Å²) in [6, 6.07) is -1.07. The van der Waals surface area contributed by atoms with E-state index in [0.717, 1.165) is 0 Å².